The molecule has 1 saturated heterocycles. The van der Waals surface area contributed by atoms with Crippen molar-refractivity contribution in [1.29, 1.82) is 0 Å². The monoisotopic (exact) mass is 441 g/mol. The first-order chi connectivity index (χ1) is 15.5. The highest BCUT2D eigenvalue weighted by Gasteiger charge is 2.35. The molecule has 0 saturated carbocycles. The maximum atomic E-state index is 12.1. The first-order valence-electron chi connectivity index (χ1n) is 11.8. The summed E-state index contributed by atoms with van der Waals surface area (Å²) in [5, 5.41) is 9.94. The molecule has 3 rings (SSSR count). The smallest absolute Gasteiger partial charge is 0.335 e. The lowest BCUT2D eigenvalue weighted by atomic mass is 10.1. The van der Waals surface area contributed by atoms with Gasteiger partial charge in [-0.05, 0) is 31.0 Å². The molecule has 2 aromatic carbocycles. The lowest BCUT2D eigenvalue weighted by molar-refractivity contribution is 0.0519. The third-order valence-corrected chi connectivity index (χ3v) is 6.20. The highest BCUT2D eigenvalue weighted by Crippen LogP contribution is 2.45. The molecule has 0 spiro atoms. The number of morpholine rings is 1. The molecule has 1 aliphatic heterocycles. The van der Waals surface area contributed by atoms with Crippen LogP contribution in [0.15, 0.2) is 42.5 Å². The van der Waals surface area contributed by atoms with E-state index in [9.17, 15) is 9.90 Å². The van der Waals surface area contributed by atoms with Gasteiger partial charge in [0.1, 0.15) is 18.8 Å². The Hall–Kier alpha value is -2.57. The van der Waals surface area contributed by atoms with Crippen LogP contribution in [0.2, 0.25) is 0 Å². The molecule has 6 nitrogen and oxygen atoms in total. The first-order valence-corrected chi connectivity index (χ1v) is 11.8. The van der Waals surface area contributed by atoms with Crippen LogP contribution in [0.4, 0.5) is 11.4 Å². The van der Waals surface area contributed by atoms with E-state index in [-0.39, 0.29) is 0 Å². The molecule has 1 aliphatic rings. The van der Waals surface area contributed by atoms with Crippen LogP contribution in [-0.2, 0) is 4.74 Å². The maximum Gasteiger partial charge on any atom is 0.335 e. The zero-order chi connectivity index (χ0) is 23.0. The van der Waals surface area contributed by atoms with Gasteiger partial charge in [0.25, 0.3) is 0 Å². The maximum absolute atomic E-state index is 12.1. The number of aromatic carboxylic acids is 1. The number of anilines is 1. The van der Waals surface area contributed by atoms with Gasteiger partial charge >= 0.3 is 5.97 Å². The molecule has 1 fully saturated rings. The fraction of sp³-hybridized carbons (Fsp3) is 0.500. The summed E-state index contributed by atoms with van der Waals surface area (Å²) in [6.07, 6.45) is 4.24. The molecule has 2 aromatic rings. The number of unbranched alkanes of at least 4 members (excludes halogenated alkanes) is 2. The van der Waals surface area contributed by atoms with Crippen molar-refractivity contribution in [1.82, 2.24) is 4.48 Å². The number of ether oxygens (including phenoxy) is 2. The van der Waals surface area contributed by atoms with Crippen molar-refractivity contribution in [3.63, 3.8) is 0 Å². The Bertz CT molecular complexity index is 871. The van der Waals surface area contributed by atoms with Crippen molar-refractivity contribution in [3.8, 4) is 11.5 Å². The summed E-state index contributed by atoms with van der Waals surface area (Å²) in [5.74, 6) is 0.603. The van der Waals surface area contributed by atoms with Crippen molar-refractivity contribution in [2.24, 2.45) is 0 Å². The zero-order valence-corrected chi connectivity index (χ0v) is 19.7. The van der Waals surface area contributed by atoms with Crippen molar-refractivity contribution in [3.05, 3.63) is 48.0 Å². The summed E-state index contributed by atoms with van der Waals surface area (Å²) in [7, 11) is 2.15. The average molecular weight is 442 g/mol. The number of hydrogen-bond donors (Lipinski definition) is 1. The van der Waals surface area contributed by atoms with E-state index in [4.69, 9.17) is 9.47 Å². The van der Waals surface area contributed by atoms with E-state index in [1.165, 1.54) is 0 Å². The van der Waals surface area contributed by atoms with Crippen molar-refractivity contribution in [2.75, 3.05) is 51.3 Å². The number of hydrogen-bond acceptors (Lipinski definition) is 4. The molecule has 6 heteroatoms. The molecule has 1 heterocycles. The highest BCUT2D eigenvalue weighted by molar-refractivity contribution is 5.92. The van der Waals surface area contributed by atoms with Gasteiger partial charge in [0.15, 0.2) is 5.69 Å². The second kappa shape index (κ2) is 11.3. The van der Waals surface area contributed by atoms with Crippen LogP contribution < -0.4 is 14.1 Å². The van der Waals surface area contributed by atoms with E-state index in [0.29, 0.717) is 23.3 Å². The van der Waals surface area contributed by atoms with Gasteiger partial charge in [-0.15, -0.1) is 0 Å². The van der Waals surface area contributed by atoms with Crippen molar-refractivity contribution in [2.45, 2.75) is 39.5 Å². The molecule has 0 atom stereocenters. The molecular weight excluding hydrogens is 404 g/mol. The summed E-state index contributed by atoms with van der Waals surface area (Å²) in [6.45, 7) is 8.94. The van der Waals surface area contributed by atoms with Gasteiger partial charge in [0.2, 0.25) is 5.75 Å². The second-order valence-corrected chi connectivity index (χ2v) is 8.71. The van der Waals surface area contributed by atoms with E-state index < -0.39 is 5.97 Å². The number of para-hydroxylation sites is 1. The predicted octanol–water partition coefficient (Wildman–Crippen LogP) is 5.55. The number of quaternary nitrogens is 1. The minimum Gasteiger partial charge on any atom is -0.478 e. The van der Waals surface area contributed by atoms with Crippen LogP contribution in [0.3, 0.4) is 0 Å². The SMILES string of the molecule is CCCCN(CCCC)c1cc(C(=O)O)cc([N+]2(C)CCOCC2)c1Oc1ccccc1. The lowest BCUT2D eigenvalue weighted by Crippen LogP contribution is -2.53. The third-order valence-electron chi connectivity index (χ3n) is 6.20. The summed E-state index contributed by atoms with van der Waals surface area (Å²) in [4.78, 5) is 14.4. The van der Waals surface area contributed by atoms with Gasteiger partial charge in [-0.1, -0.05) is 44.9 Å². The Morgan fingerprint density at radius 3 is 2.25 bits per heavy atom. The van der Waals surface area contributed by atoms with E-state index >= 15 is 0 Å². The van der Waals surface area contributed by atoms with Crippen LogP contribution in [0.5, 0.6) is 11.5 Å². The number of likely N-dealkylation sites (N-methyl/N-ethyl adjacent to an activating group) is 1. The van der Waals surface area contributed by atoms with Gasteiger partial charge < -0.3 is 19.5 Å². The first kappa shape index (κ1) is 24.1. The highest BCUT2D eigenvalue weighted by atomic mass is 16.5. The molecular formula is C26H37N2O4+. The lowest BCUT2D eigenvalue weighted by Gasteiger charge is -2.39. The van der Waals surface area contributed by atoms with E-state index in [1.807, 2.05) is 30.3 Å². The Balaban J connectivity index is 2.19. The molecule has 0 unspecified atom stereocenters. The summed E-state index contributed by atoms with van der Waals surface area (Å²) in [5.41, 5.74) is 2.08. The van der Waals surface area contributed by atoms with E-state index in [1.54, 1.807) is 12.1 Å². The minimum atomic E-state index is -0.912. The number of nitrogens with zero attached hydrogens (tertiary/aromatic N) is 2. The predicted molar refractivity (Wildman–Crippen MR) is 130 cm³/mol. The van der Waals surface area contributed by atoms with Crippen molar-refractivity contribution >= 4 is 17.3 Å². The largest absolute Gasteiger partial charge is 0.478 e. The Morgan fingerprint density at radius 1 is 1.06 bits per heavy atom. The second-order valence-electron chi connectivity index (χ2n) is 8.71. The molecule has 174 valence electrons. The fourth-order valence-electron chi connectivity index (χ4n) is 4.11. The van der Waals surface area contributed by atoms with Crippen LogP contribution >= 0.6 is 0 Å². The Kier molecular flexibility index (Phi) is 8.53. The molecule has 0 bridgehead atoms. The third kappa shape index (κ3) is 5.81. The van der Waals surface area contributed by atoms with Crippen LogP contribution in [-0.4, -0.2) is 57.5 Å². The van der Waals surface area contributed by atoms with Gasteiger partial charge in [-0.3, -0.25) is 4.48 Å². The number of benzene rings is 2. The van der Waals surface area contributed by atoms with Gasteiger partial charge in [0, 0.05) is 19.2 Å². The Morgan fingerprint density at radius 2 is 1.69 bits per heavy atom. The number of carboxylic acid groups (broad SMARTS) is 1. The standard InChI is InChI=1S/C26H36N2O4/c1-4-6-13-27(14-7-5-2)23-19-21(26(29)30)20-24(28(3)15-17-31-18-16-28)25(23)32-22-11-9-8-10-12-22/h8-12,19-20H,4-7,13-18H2,1-3H3/p+1. The summed E-state index contributed by atoms with van der Waals surface area (Å²) < 4.78 is 12.8. The zero-order valence-electron chi connectivity index (χ0n) is 19.7. The average Bonchev–Trinajstić information content (AvgIpc) is 2.80. The van der Waals surface area contributed by atoms with Gasteiger partial charge in [0.05, 0.1) is 31.5 Å². The van der Waals surface area contributed by atoms with Crippen LogP contribution in [0, 0.1) is 0 Å². The summed E-state index contributed by atoms with van der Waals surface area (Å²) >= 11 is 0. The fourth-order valence-corrected chi connectivity index (χ4v) is 4.11. The summed E-state index contributed by atoms with van der Waals surface area (Å²) in [6, 6.07) is 13.4. The number of rotatable bonds is 11. The van der Waals surface area contributed by atoms with Crippen LogP contribution in [0.1, 0.15) is 49.9 Å². The molecule has 0 aromatic heterocycles. The van der Waals surface area contributed by atoms with Crippen LogP contribution in [0.25, 0.3) is 0 Å². The molecule has 1 N–H and O–H groups in total. The normalized spacial score (nSPS) is 15.3. The molecule has 0 radical (unpaired) electrons. The van der Waals surface area contributed by atoms with Gasteiger partial charge in [-0.25, -0.2) is 4.79 Å². The minimum absolute atomic E-state index is 0.305. The van der Waals surface area contributed by atoms with Gasteiger partial charge in [-0.2, -0.15) is 0 Å². The number of carboxylic acids is 1. The quantitative estimate of drug-likeness (QED) is 0.463. The molecule has 0 aliphatic carbocycles. The van der Waals surface area contributed by atoms with E-state index in [2.05, 4.69) is 25.8 Å². The van der Waals surface area contributed by atoms with Crippen molar-refractivity contribution < 1.29 is 19.4 Å². The molecule has 0 amide bonds. The Labute approximate surface area is 192 Å². The van der Waals surface area contributed by atoms with E-state index in [0.717, 1.165) is 74.7 Å². The topological polar surface area (TPSA) is 59.0 Å². The number of carbonyl (C=O) groups is 1. The molecule has 32 heavy (non-hydrogen) atoms.